The zero-order chi connectivity index (χ0) is 13.5. The van der Waals surface area contributed by atoms with Crippen molar-refractivity contribution in [2.75, 3.05) is 28.4 Å². The lowest BCUT2D eigenvalue weighted by molar-refractivity contribution is 0.242. The van der Waals surface area contributed by atoms with E-state index in [-0.39, 0.29) is 6.03 Å². The van der Waals surface area contributed by atoms with E-state index in [1.165, 1.54) is 0 Å². The molecule has 0 bridgehead atoms. The fourth-order valence-corrected chi connectivity index (χ4v) is 1.51. The first kappa shape index (κ1) is 14.0. The Morgan fingerprint density at radius 3 is 2.06 bits per heavy atom. The van der Waals surface area contributed by atoms with Gasteiger partial charge in [0.1, 0.15) is 17.2 Å². The van der Waals surface area contributed by atoms with Crippen LogP contribution in [0.4, 0.5) is 4.79 Å². The second-order valence-corrected chi connectivity index (χ2v) is 3.44. The minimum Gasteiger partial charge on any atom is -0.496 e. The molecule has 6 heteroatoms. The average Bonchev–Trinajstić information content (AvgIpc) is 2.43. The van der Waals surface area contributed by atoms with Crippen LogP contribution in [0.25, 0.3) is 0 Å². The Morgan fingerprint density at radius 2 is 1.67 bits per heavy atom. The summed E-state index contributed by atoms with van der Waals surface area (Å²) in [5.74, 6) is 1.83. The van der Waals surface area contributed by atoms with Gasteiger partial charge in [0, 0.05) is 19.2 Å². The molecule has 0 saturated carbocycles. The van der Waals surface area contributed by atoms with Crippen LogP contribution in [-0.4, -0.2) is 34.4 Å². The molecule has 18 heavy (non-hydrogen) atoms. The van der Waals surface area contributed by atoms with E-state index in [1.54, 1.807) is 40.5 Å². The molecule has 100 valence electrons. The van der Waals surface area contributed by atoms with Gasteiger partial charge in [0.2, 0.25) is 0 Å². The van der Waals surface area contributed by atoms with Gasteiger partial charge >= 0.3 is 6.03 Å². The third kappa shape index (κ3) is 3.19. The maximum Gasteiger partial charge on any atom is 0.314 e. The molecule has 0 unspecified atom stereocenters. The topological polar surface area (TPSA) is 68.8 Å². The summed E-state index contributed by atoms with van der Waals surface area (Å²) in [6, 6.07) is 3.21. The molecule has 0 aliphatic carbocycles. The zero-order valence-electron chi connectivity index (χ0n) is 11.0. The molecule has 0 spiro atoms. The van der Waals surface area contributed by atoms with Crippen LogP contribution in [0.5, 0.6) is 17.2 Å². The molecule has 1 aromatic rings. The van der Waals surface area contributed by atoms with Gasteiger partial charge in [-0.15, -0.1) is 0 Å². The monoisotopic (exact) mass is 254 g/mol. The number of hydrogen-bond acceptors (Lipinski definition) is 4. The molecule has 0 aliphatic rings. The molecule has 0 saturated heterocycles. The second kappa shape index (κ2) is 6.58. The van der Waals surface area contributed by atoms with Gasteiger partial charge in [-0.3, -0.25) is 0 Å². The van der Waals surface area contributed by atoms with Crippen molar-refractivity contribution in [3.8, 4) is 17.2 Å². The van der Waals surface area contributed by atoms with E-state index in [2.05, 4.69) is 10.6 Å². The number of carbonyl (C=O) groups is 1. The van der Waals surface area contributed by atoms with Crippen molar-refractivity contribution >= 4 is 6.03 Å². The molecular formula is C12H18N2O4. The quantitative estimate of drug-likeness (QED) is 0.826. The highest BCUT2D eigenvalue weighted by atomic mass is 16.5. The van der Waals surface area contributed by atoms with Crippen LogP contribution in [-0.2, 0) is 6.54 Å². The average molecular weight is 254 g/mol. The van der Waals surface area contributed by atoms with Gasteiger partial charge in [-0.2, -0.15) is 0 Å². The van der Waals surface area contributed by atoms with Gasteiger partial charge in [0.05, 0.1) is 33.4 Å². The predicted molar refractivity (Wildman–Crippen MR) is 67.4 cm³/mol. The Labute approximate surface area is 106 Å². The Hall–Kier alpha value is -2.11. The van der Waals surface area contributed by atoms with Crippen LogP contribution in [0, 0.1) is 0 Å². The van der Waals surface area contributed by atoms with E-state index in [4.69, 9.17) is 14.2 Å². The number of rotatable bonds is 5. The smallest absolute Gasteiger partial charge is 0.314 e. The highest BCUT2D eigenvalue weighted by Crippen LogP contribution is 2.33. The van der Waals surface area contributed by atoms with Crippen LogP contribution in [0.3, 0.4) is 0 Å². The zero-order valence-corrected chi connectivity index (χ0v) is 11.0. The van der Waals surface area contributed by atoms with E-state index >= 15 is 0 Å². The van der Waals surface area contributed by atoms with Gasteiger partial charge in [0.25, 0.3) is 0 Å². The summed E-state index contributed by atoms with van der Waals surface area (Å²) >= 11 is 0. The minimum absolute atomic E-state index is 0.269. The Bertz CT molecular complexity index is 396. The number of benzene rings is 1. The molecule has 2 N–H and O–H groups in total. The summed E-state index contributed by atoms with van der Waals surface area (Å²) in [6.45, 7) is 0.302. The van der Waals surface area contributed by atoms with E-state index in [0.29, 0.717) is 23.8 Å². The number of carbonyl (C=O) groups excluding carboxylic acids is 1. The first-order chi connectivity index (χ1) is 8.65. The lowest BCUT2D eigenvalue weighted by atomic mass is 10.1. The molecule has 1 rings (SSSR count). The lowest BCUT2D eigenvalue weighted by Gasteiger charge is -2.15. The molecular weight excluding hydrogens is 236 g/mol. The second-order valence-electron chi connectivity index (χ2n) is 3.44. The third-order valence-electron chi connectivity index (χ3n) is 2.47. The van der Waals surface area contributed by atoms with Gasteiger partial charge in [-0.1, -0.05) is 0 Å². The van der Waals surface area contributed by atoms with Crippen LogP contribution < -0.4 is 24.8 Å². The first-order valence-electron chi connectivity index (χ1n) is 5.40. The maximum atomic E-state index is 11.2. The largest absolute Gasteiger partial charge is 0.496 e. The van der Waals surface area contributed by atoms with Gasteiger partial charge in [-0.05, 0) is 0 Å². The van der Waals surface area contributed by atoms with Crippen LogP contribution in [0.15, 0.2) is 12.1 Å². The summed E-state index contributed by atoms with van der Waals surface area (Å²) in [4.78, 5) is 11.2. The van der Waals surface area contributed by atoms with Crippen molar-refractivity contribution in [1.82, 2.24) is 10.6 Å². The molecule has 6 nitrogen and oxygen atoms in total. The minimum atomic E-state index is -0.269. The molecule has 0 heterocycles. The Kier molecular flexibility index (Phi) is 5.10. The summed E-state index contributed by atoms with van der Waals surface area (Å²) in [7, 11) is 6.23. The number of urea groups is 1. The van der Waals surface area contributed by atoms with Crippen LogP contribution >= 0.6 is 0 Å². The van der Waals surface area contributed by atoms with Gasteiger partial charge in [0.15, 0.2) is 0 Å². The summed E-state index contributed by atoms with van der Waals surface area (Å²) in [5.41, 5.74) is 0.754. The molecule has 1 aromatic carbocycles. The van der Waals surface area contributed by atoms with Crippen LogP contribution in [0.2, 0.25) is 0 Å². The fourth-order valence-electron chi connectivity index (χ4n) is 1.51. The summed E-state index contributed by atoms with van der Waals surface area (Å²) < 4.78 is 15.7. The van der Waals surface area contributed by atoms with Crippen molar-refractivity contribution < 1.29 is 19.0 Å². The fraction of sp³-hybridized carbons (Fsp3) is 0.417. The SMILES string of the molecule is CNC(=O)NCc1c(OC)cc(OC)cc1OC. The van der Waals surface area contributed by atoms with Crippen LogP contribution in [0.1, 0.15) is 5.56 Å². The highest BCUT2D eigenvalue weighted by Gasteiger charge is 2.13. The number of hydrogen-bond donors (Lipinski definition) is 2. The van der Waals surface area contributed by atoms with Crippen molar-refractivity contribution in [1.29, 1.82) is 0 Å². The molecule has 0 fully saturated rings. The number of amides is 2. The van der Waals surface area contributed by atoms with Gasteiger partial charge in [-0.25, -0.2) is 4.79 Å². The molecule has 0 atom stereocenters. The normalized spacial score (nSPS) is 9.56. The van der Waals surface area contributed by atoms with E-state index in [1.807, 2.05) is 0 Å². The van der Waals surface area contributed by atoms with E-state index in [0.717, 1.165) is 5.56 Å². The van der Waals surface area contributed by atoms with Crippen molar-refractivity contribution in [3.05, 3.63) is 17.7 Å². The molecule has 2 amide bonds. The van der Waals surface area contributed by atoms with Crippen molar-refractivity contribution in [2.24, 2.45) is 0 Å². The standard InChI is InChI=1S/C12H18N2O4/c1-13-12(15)14-7-9-10(17-3)5-8(16-2)6-11(9)18-4/h5-6H,7H2,1-4H3,(H2,13,14,15). The molecule has 0 radical (unpaired) electrons. The highest BCUT2D eigenvalue weighted by molar-refractivity contribution is 5.73. The molecule has 0 aliphatic heterocycles. The van der Waals surface area contributed by atoms with Gasteiger partial charge < -0.3 is 24.8 Å². The maximum absolute atomic E-state index is 11.2. The molecule has 0 aromatic heterocycles. The van der Waals surface area contributed by atoms with E-state index in [9.17, 15) is 4.79 Å². The lowest BCUT2D eigenvalue weighted by Crippen LogP contribution is -2.32. The van der Waals surface area contributed by atoms with E-state index < -0.39 is 0 Å². The van der Waals surface area contributed by atoms with Crippen molar-refractivity contribution in [2.45, 2.75) is 6.54 Å². The number of nitrogens with one attached hydrogen (secondary N) is 2. The third-order valence-corrected chi connectivity index (χ3v) is 2.47. The number of ether oxygens (including phenoxy) is 3. The first-order valence-corrected chi connectivity index (χ1v) is 5.40. The Morgan fingerprint density at radius 1 is 1.11 bits per heavy atom. The summed E-state index contributed by atoms with van der Waals surface area (Å²) in [6.07, 6.45) is 0. The number of methoxy groups -OCH3 is 3. The summed E-state index contributed by atoms with van der Waals surface area (Å²) in [5, 5.41) is 5.16. The predicted octanol–water partition coefficient (Wildman–Crippen LogP) is 1.14. The van der Waals surface area contributed by atoms with Crippen molar-refractivity contribution in [3.63, 3.8) is 0 Å². The Balaban J connectivity index is 3.03.